The number of hydrogen-bond acceptors (Lipinski definition) is 3. The molecule has 0 radical (unpaired) electrons. The molecule has 7 heteroatoms. The maximum Gasteiger partial charge on any atom is 0.419 e. The fraction of sp³-hybridized carbons (Fsp3) is 0.600. The van der Waals surface area contributed by atoms with Crippen molar-refractivity contribution in [3.05, 3.63) is 18.0 Å². The van der Waals surface area contributed by atoms with Crippen molar-refractivity contribution in [2.45, 2.75) is 37.6 Å². The summed E-state index contributed by atoms with van der Waals surface area (Å²) in [7, 11) is 0. The van der Waals surface area contributed by atoms with Gasteiger partial charge in [0.15, 0.2) is 0 Å². The summed E-state index contributed by atoms with van der Waals surface area (Å²) in [4.78, 5) is 0. The Hall–Kier alpha value is -1.55. The first-order chi connectivity index (χ1) is 7.99. The van der Waals surface area contributed by atoms with Crippen LogP contribution in [0.4, 0.5) is 13.2 Å². The topological polar surface area (TPSA) is 53.6 Å². The van der Waals surface area contributed by atoms with Gasteiger partial charge in [0.2, 0.25) is 0 Å². The Kier molecular flexibility index (Phi) is 3.07. The lowest BCUT2D eigenvalue weighted by Gasteiger charge is -2.10. The molecule has 1 aromatic heterocycles. The van der Waals surface area contributed by atoms with Crippen LogP contribution in [0.15, 0.2) is 12.4 Å². The zero-order valence-corrected chi connectivity index (χ0v) is 8.91. The SMILES string of the molecule is N#CC(Cn1cc(C(F)(F)F)cn1)NC1CC1. The van der Waals surface area contributed by atoms with Crippen LogP contribution in [-0.4, -0.2) is 21.9 Å². The van der Waals surface area contributed by atoms with Crippen molar-refractivity contribution < 1.29 is 13.2 Å². The summed E-state index contributed by atoms with van der Waals surface area (Å²) < 4.78 is 38.1. The highest BCUT2D eigenvalue weighted by Crippen LogP contribution is 2.28. The van der Waals surface area contributed by atoms with E-state index in [0.717, 1.165) is 29.9 Å². The quantitative estimate of drug-likeness (QED) is 0.874. The molecule has 0 bridgehead atoms. The van der Waals surface area contributed by atoms with Gasteiger partial charge in [-0.2, -0.15) is 23.5 Å². The lowest BCUT2D eigenvalue weighted by atomic mass is 10.3. The Morgan fingerprint density at radius 3 is 2.76 bits per heavy atom. The van der Waals surface area contributed by atoms with E-state index < -0.39 is 17.8 Å². The highest BCUT2D eigenvalue weighted by molar-refractivity contribution is 5.09. The maximum atomic E-state index is 12.3. The van der Waals surface area contributed by atoms with Crippen LogP contribution in [0.3, 0.4) is 0 Å². The first-order valence-electron chi connectivity index (χ1n) is 5.24. The van der Waals surface area contributed by atoms with Crippen LogP contribution in [0.25, 0.3) is 0 Å². The number of hydrogen-bond donors (Lipinski definition) is 1. The van der Waals surface area contributed by atoms with Crippen molar-refractivity contribution >= 4 is 0 Å². The number of nitrogens with zero attached hydrogens (tertiary/aromatic N) is 3. The molecule has 1 saturated carbocycles. The van der Waals surface area contributed by atoms with E-state index in [4.69, 9.17) is 5.26 Å². The Labute approximate surface area is 96.0 Å². The predicted octanol–water partition coefficient (Wildman–Crippen LogP) is 1.55. The van der Waals surface area contributed by atoms with E-state index in [0.29, 0.717) is 6.04 Å². The Balaban J connectivity index is 1.97. The van der Waals surface area contributed by atoms with Gasteiger partial charge in [0.25, 0.3) is 0 Å². The summed E-state index contributed by atoms with van der Waals surface area (Å²) in [6.07, 6.45) is -0.662. The molecule has 4 nitrogen and oxygen atoms in total. The molecule has 17 heavy (non-hydrogen) atoms. The zero-order chi connectivity index (χ0) is 12.5. The molecule has 0 aliphatic heterocycles. The third kappa shape index (κ3) is 3.20. The molecular formula is C10H11F3N4. The van der Waals surface area contributed by atoms with E-state index in [1.807, 2.05) is 6.07 Å². The van der Waals surface area contributed by atoms with E-state index in [9.17, 15) is 13.2 Å². The molecule has 1 aromatic rings. The fourth-order valence-corrected chi connectivity index (χ4v) is 1.46. The van der Waals surface area contributed by atoms with Gasteiger partial charge in [0, 0.05) is 12.2 Å². The van der Waals surface area contributed by atoms with E-state index >= 15 is 0 Å². The van der Waals surface area contributed by atoms with Crippen molar-refractivity contribution in [2.24, 2.45) is 0 Å². The highest BCUT2D eigenvalue weighted by Gasteiger charge is 2.32. The average Bonchev–Trinajstić information content (AvgIpc) is 2.91. The van der Waals surface area contributed by atoms with Crippen LogP contribution >= 0.6 is 0 Å². The molecule has 0 amide bonds. The first kappa shape index (κ1) is 11.9. The second kappa shape index (κ2) is 4.37. The third-order valence-electron chi connectivity index (χ3n) is 2.50. The molecule has 1 N–H and O–H groups in total. The van der Waals surface area contributed by atoms with Gasteiger partial charge in [0.1, 0.15) is 6.04 Å². The fourth-order valence-electron chi connectivity index (χ4n) is 1.46. The summed E-state index contributed by atoms with van der Waals surface area (Å²) in [6.45, 7) is 0.128. The Bertz CT molecular complexity index is 427. The van der Waals surface area contributed by atoms with Crippen LogP contribution in [0.2, 0.25) is 0 Å². The lowest BCUT2D eigenvalue weighted by molar-refractivity contribution is -0.137. The number of nitriles is 1. The standard InChI is InChI=1S/C10H11F3N4/c11-10(12,13)7-4-15-17(5-7)6-9(3-14)16-8-1-2-8/h4-5,8-9,16H,1-2,6H2. The molecule has 0 saturated heterocycles. The number of aromatic nitrogens is 2. The highest BCUT2D eigenvalue weighted by atomic mass is 19.4. The van der Waals surface area contributed by atoms with Gasteiger partial charge >= 0.3 is 6.18 Å². The summed E-state index contributed by atoms with van der Waals surface area (Å²) in [5, 5.41) is 15.5. The minimum Gasteiger partial charge on any atom is -0.298 e. The molecule has 1 unspecified atom stereocenters. The number of nitrogens with one attached hydrogen (secondary N) is 1. The van der Waals surface area contributed by atoms with E-state index in [1.165, 1.54) is 0 Å². The molecule has 1 fully saturated rings. The molecular weight excluding hydrogens is 233 g/mol. The summed E-state index contributed by atoms with van der Waals surface area (Å²) >= 11 is 0. The second-order valence-corrected chi connectivity index (χ2v) is 4.07. The van der Waals surface area contributed by atoms with Crippen LogP contribution < -0.4 is 5.32 Å². The van der Waals surface area contributed by atoms with Crippen molar-refractivity contribution in [1.29, 1.82) is 5.26 Å². The molecule has 2 rings (SSSR count). The van der Waals surface area contributed by atoms with Gasteiger partial charge in [-0.15, -0.1) is 0 Å². The Morgan fingerprint density at radius 1 is 1.59 bits per heavy atom. The van der Waals surface area contributed by atoms with Crippen molar-refractivity contribution in [2.75, 3.05) is 0 Å². The summed E-state index contributed by atoms with van der Waals surface area (Å²) in [5.74, 6) is 0. The molecule has 92 valence electrons. The summed E-state index contributed by atoms with van der Waals surface area (Å²) in [6, 6.07) is 1.85. The minimum atomic E-state index is -4.38. The van der Waals surface area contributed by atoms with Gasteiger partial charge in [-0.05, 0) is 12.8 Å². The van der Waals surface area contributed by atoms with Crippen LogP contribution in [0, 0.1) is 11.3 Å². The Morgan fingerprint density at radius 2 is 2.29 bits per heavy atom. The normalized spacial score (nSPS) is 17.8. The molecule has 0 spiro atoms. The van der Waals surface area contributed by atoms with Gasteiger partial charge in [-0.3, -0.25) is 10.00 Å². The van der Waals surface area contributed by atoms with E-state index in [2.05, 4.69) is 10.4 Å². The molecule has 1 atom stereocenters. The van der Waals surface area contributed by atoms with E-state index in [-0.39, 0.29) is 6.54 Å². The van der Waals surface area contributed by atoms with Crippen LogP contribution in [0.5, 0.6) is 0 Å². The molecule has 1 aliphatic rings. The van der Waals surface area contributed by atoms with Crippen LogP contribution in [-0.2, 0) is 12.7 Å². The predicted molar refractivity (Wildman–Crippen MR) is 52.8 cm³/mol. The first-order valence-corrected chi connectivity index (χ1v) is 5.24. The van der Waals surface area contributed by atoms with Gasteiger partial charge < -0.3 is 0 Å². The average molecular weight is 244 g/mol. The van der Waals surface area contributed by atoms with Crippen molar-refractivity contribution in [3.63, 3.8) is 0 Å². The largest absolute Gasteiger partial charge is 0.419 e. The van der Waals surface area contributed by atoms with Crippen molar-refractivity contribution in [3.8, 4) is 6.07 Å². The minimum absolute atomic E-state index is 0.128. The lowest BCUT2D eigenvalue weighted by Crippen LogP contribution is -2.33. The summed E-state index contributed by atoms with van der Waals surface area (Å²) in [5.41, 5.74) is -0.791. The smallest absolute Gasteiger partial charge is 0.298 e. The maximum absolute atomic E-state index is 12.3. The van der Waals surface area contributed by atoms with Gasteiger partial charge in [-0.25, -0.2) is 0 Å². The second-order valence-electron chi connectivity index (χ2n) is 4.07. The molecule has 0 aromatic carbocycles. The zero-order valence-electron chi connectivity index (χ0n) is 8.91. The number of halogens is 3. The third-order valence-corrected chi connectivity index (χ3v) is 2.50. The van der Waals surface area contributed by atoms with Crippen molar-refractivity contribution in [1.82, 2.24) is 15.1 Å². The number of rotatable bonds is 4. The molecule has 1 heterocycles. The van der Waals surface area contributed by atoms with Gasteiger partial charge in [-0.1, -0.05) is 0 Å². The molecule has 1 aliphatic carbocycles. The van der Waals surface area contributed by atoms with Gasteiger partial charge in [0.05, 0.1) is 24.4 Å². The monoisotopic (exact) mass is 244 g/mol. The number of alkyl halides is 3. The van der Waals surface area contributed by atoms with Crippen LogP contribution in [0.1, 0.15) is 18.4 Å². The van der Waals surface area contributed by atoms with E-state index in [1.54, 1.807) is 0 Å².